The van der Waals surface area contributed by atoms with Crippen molar-refractivity contribution in [2.75, 3.05) is 19.6 Å². The molecular formula is C7H16N4. The van der Waals surface area contributed by atoms with Crippen molar-refractivity contribution >= 4 is 0 Å². The van der Waals surface area contributed by atoms with Crippen LogP contribution in [-0.2, 0) is 0 Å². The van der Waals surface area contributed by atoms with Crippen LogP contribution in [0.1, 0.15) is 19.8 Å². The number of nitrogens with zero attached hydrogens (tertiary/aromatic N) is 3. The Morgan fingerprint density at radius 1 is 1.64 bits per heavy atom. The lowest BCUT2D eigenvalue weighted by atomic mass is 10.3. The van der Waals surface area contributed by atoms with E-state index in [0.717, 1.165) is 13.1 Å². The van der Waals surface area contributed by atoms with E-state index in [1.54, 1.807) is 0 Å². The highest BCUT2D eigenvalue weighted by Crippen LogP contribution is 2.08. The number of nitrogens with two attached hydrogens (primary N) is 1. The number of unbranched alkanes of at least 4 members (excludes halogenated alkanes) is 1. The van der Waals surface area contributed by atoms with Gasteiger partial charge in [0.2, 0.25) is 0 Å². The SMILES string of the molecule is CCCCN1CC(CN)N=N1. The molecule has 1 atom stereocenters. The highest BCUT2D eigenvalue weighted by Gasteiger charge is 2.16. The van der Waals surface area contributed by atoms with Crippen LogP contribution in [0.2, 0.25) is 0 Å². The summed E-state index contributed by atoms with van der Waals surface area (Å²) in [4.78, 5) is 0. The Bertz CT molecular complexity index is 134. The van der Waals surface area contributed by atoms with E-state index in [1.807, 2.05) is 5.01 Å². The molecule has 0 saturated heterocycles. The first kappa shape index (κ1) is 8.46. The molecule has 0 spiro atoms. The van der Waals surface area contributed by atoms with Crippen molar-refractivity contribution < 1.29 is 0 Å². The van der Waals surface area contributed by atoms with E-state index in [4.69, 9.17) is 5.73 Å². The van der Waals surface area contributed by atoms with Gasteiger partial charge >= 0.3 is 0 Å². The smallest absolute Gasteiger partial charge is 0.104 e. The van der Waals surface area contributed by atoms with Crippen LogP contribution in [0.25, 0.3) is 0 Å². The molecule has 4 heteroatoms. The van der Waals surface area contributed by atoms with E-state index in [2.05, 4.69) is 17.3 Å². The lowest BCUT2D eigenvalue weighted by molar-refractivity contribution is 0.303. The van der Waals surface area contributed by atoms with Gasteiger partial charge in [0.1, 0.15) is 6.04 Å². The fourth-order valence-electron chi connectivity index (χ4n) is 1.06. The fraction of sp³-hybridized carbons (Fsp3) is 1.00. The summed E-state index contributed by atoms with van der Waals surface area (Å²) in [6, 6.07) is 0.242. The molecule has 64 valence electrons. The molecule has 2 N–H and O–H groups in total. The summed E-state index contributed by atoms with van der Waals surface area (Å²) in [6.07, 6.45) is 2.40. The van der Waals surface area contributed by atoms with E-state index < -0.39 is 0 Å². The molecule has 0 radical (unpaired) electrons. The molecule has 0 aromatic carbocycles. The quantitative estimate of drug-likeness (QED) is 0.654. The van der Waals surface area contributed by atoms with Crippen LogP contribution in [0.5, 0.6) is 0 Å². The van der Waals surface area contributed by atoms with E-state index in [0.29, 0.717) is 6.54 Å². The Morgan fingerprint density at radius 3 is 3.00 bits per heavy atom. The zero-order valence-electron chi connectivity index (χ0n) is 7.03. The van der Waals surface area contributed by atoms with Crippen LogP contribution in [0.15, 0.2) is 10.3 Å². The highest BCUT2D eigenvalue weighted by atomic mass is 15.6. The van der Waals surface area contributed by atoms with Gasteiger partial charge in [0.15, 0.2) is 0 Å². The zero-order chi connectivity index (χ0) is 8.10. The first-order valence-electron chi connectivity index (χ1n) is 4.22. The summed E-state index contributed by atoms with van der Waals surface area (Å²) in [7, 11) is 0. The molecule has 0 aliphatic carbocycles. The second-order valence-corrected chi connectivity index (χ2v) is 2.86. The van der Waals surface area contributed by atoms with Crippen molar-refractivity contribution in [3.05, 3.63) is 0 Å². The van der Waals surface area contributed by atoms with Crippen LogP contribution in [0.3, 0.4) is 0 Å². The van der Waals surface area contributed by atoms with Crippen LogP contribution < -0.4 is 5.73 Å². The number of rotatable bonds is 4. The molecule has 0 aromatic rings. The van der Waals surface area contributed by atoms with Crippen molar-refractivity contribution in [1.82, 2.24) is 5.01 Å². The Hall–Kier alpha value is -0.640. The summed E-state index contributed by atoms with van der Waals surface area (Å²) in [5, 5.41) is 10.0. The number of hydrogen-bond acceptors (Lipinski definition) is 4. The van der Waals surface area contributed by atoms with Gasteiger partial charge < -0.3 is 5.73 Å². The second kappa shape index (κ2) is 4.28. The maximum Gasteiger partial charge on any atom is 0.104 e. The Morgan fingerprint density at radius 2 is 2.45 bits per heavy atom. The van der Waals surface area contributed by atoms with Gasteiger partial charge in [-0.1, -0.05) is 18.6 Å². The topological polar surface area (TPSA) is 54.0 Å². The fourth-order valence-corrected chi connectivity index (χ4v) is 1.06. The molecule has 1 aliphatic heterocycles. The van der Waals surface area contributed by atoms with E-state index >= 15 is 0 Å². The summed E-state index contributed by atoms with van der Waals surface area (Å²) < 4.78 is 0. The molecule has 1 aliphatic rings. The van der Waals surface area contributed by atoms with E-state index in [-0.39, 0.29) is 6.04 Å². The van der Waals surface area contributed by atoms with Gasteiger partial charge in [0.25, 0.3) is 0 Å². The first-order chi connectivity index (χ1) is 5.36. The van der Waals surface area contributed by atoms with Crippen molar-refractivity contribution in [2.45, 2.75) is 25.8 Å². The monoisotopic (exact) mass is 156 g/mol. The second-order valence-electron chi connectivity index (χ2n) is 2.86. The van der Waals surface area contributed by atoms with E-state index in [9.17, 15) is 0 Å². The minimum atomic E-state index is 0.242. The molecule has 0 bridgehead atoms. The summed E-state index contributed by atoms with van der Waals surface area (Å²) in [5.74, 6) is 0. The summed E-state index contributed by atoms with van der Waals surface area (Å²) in [6.45, 7) is 4.73. The predicted octanol–water partition coefficient (Wildman–Crippen LogP) is 0.797. The molecule has 11 heavy (non-hydrogen) atoms. The average Bonchev–Trinajstić information content (AvgIpc) is 2.48. The Balaban J connectivity index is 2.15. The van der Waals surface area contributed by atoms with E-state index in [1.165, 1.54) is 12.8 Å². The minimum absolute atomic E-state index is 0.242. The molecule has 4 nitrogen and oxygen atoms in total. The van der Waals surface area contributed by atoms with Crippen LogP contribution in [0, 0.1) is 0 Å². The van der Waals surface area contributed by atoms with Gasteiger partial charge in [-0.25, -0.2) is 0 Å². The Labute approximate surface area is 67.4 Å². The molecule has 0 saturated carbocycles. The van der Waals surface area contributed by atoms with Crippen molar-refractivity contribution in [3.8, 4) is 0 Å². The molecule has 0 aromatic heterocycles. The number of hydrogen-bond donors (Lipinski definition) is 1. The highest BCUT2D eigenvalue weighted by molar-refractivity contribution is 4.73. The zero-order valence-corrected chi connectivity index (χ0v) is 7.03. The maximum atomic E-state index is 5.44. The van der Waals surface area contributed by atoms with Crippen molar-refractivity contribution in [2.24, 2.45) is 16.1 Å². The molecule has 0 fully saturated rings. The largest absolute Gasteiger partial charge is 0.328 e. The lowest BCUT2D eigenvalue weighted by Crippen LogP contribution is -2.27. The lowest BCUT2D eigenvalue weighted by Gasteiger charge is -2.11. The summed E-state index contributed by atoms with van der Waals surface area (Å²) in [5.41, 5.74) is 5.44. The summed E-state index contributed by atoms with van der Waals surface area (Å²) >= 11 is 0. The maximum absolute atomic E-state index is 5.44. The third kappa shape index (κ3) is 2.46. The molecule has 1 unspecified atom stereocenters. The van der Waals surface area contributed by atoms with Gasteiger partial charge in [-0.15, -0.1) is 0 Å². The van der Waals surface area contributed by atoms with Crippen LogP contribution in [-0.4, -0.2) is 30.7 Å². The standard InChI is InChI=1S/C7H16N4/c1-2-3-4-11-6-7(5-8)9-10-11/h7H,2-6,8H2,1H3. The van der Waals surface area contributed by atoms with Crippen LogP contribution >= 0.6 is 0 Å². The van der Waals surface area contributed by atoms with Gasteiger partial charge in [-0.3, -0.25) is 5.01 Å². The van der Waals surface area contributed by atoms with Crippen molar-refractivity contribution in [1.29, 1.82) is 0 Å². The van der Waals surface area contributed by atoms with Gasteiger partial charge in [-0.05, 0) is 6.42 Å². The van der Waals surface area contributed by atoms with Gasteiger partial charge in [-0.2, -0.15) is 5.11 Å². The van der Waals surface area contributed by atoms with Gasteiger partial charge in [0, 0.05) is 13.1 Å². The molecule has 1 rings (SSSR count). The average molecular weight is 156 g/mol. The molecule has 1 heterocycles. The van der Waals surface area contributed by atoms with Crippen LogP contribution in [0.4, 0.5) is 0 Å². The Kier molecular flexibility index (Phi) is 3.29. The molecule has 0 amide bonds. The first-order valence-corrected chi connectivity index (χ1v) is 4.22. The van der Waals surface area contributed by atoms with Gasteiger partial charge in [0.05, 0.1) is 6.54 Å². The third-order valence-electron chi connectivity index (χ3n) is 1.80. The predicted molar refractivity (Wildman–Crippen MR) is 44.2 cm³/mol. The van der Waals surface area contributed by atoms with Crippen molar-refractivity contribution in [3.63, 3.8) is 0 Å². The minimum Gasteiger partial charge on any atom is -0.328 e. The normalized spacial score (nSPS) is 23.1. The molecular weight excluding hydrogens is 140 g/mol. The third-order valence-corrected chi connectivity index (χ3v) is 1.80.